The van der Waals surface area contributed by atoms with Gasteiger partial charge in [0.2, 0.25) is 0 Å². The van der Waals surface area contributed by atoms with E-state index in [0.717, 1.165) is 0 Å². The summed E-state index contributed by atoms with van der Waals surface area (Å²) in [6.07, 6.45) is 1.75. The molecule has 1 aromatic heterocycles. The van der Waals surface area contributed by atoms with Crippen molar-refractivity contribution in [1.82, 2.24) is 4.57 Å². The van der Waals surface area contributed by atoms with E-state index in [-0.39, 0.29) is 5.78 Å². The smallest absolute Gasteiger partial charge is 0.339 e. The zero-order valence-corrected chi connectivity index (χ0v) is 10.2. The minimum absolute atomic E-state index is 0.0559. The van der Waals surface area contributed by atoms with Gasteiger partial charge in [-0.15, -0.1) is 0 Å². The maximum atomic E-state index is 11.7. The Morgan fingerprint density at radius 2 is 1.83 bits per heavy atom. The molecule has 0 N–H and O–H groups in total. The molecule has 0 atom stereocenters. The van der Waals surface area contributed by atoms with Crippen molar-refractivity contribution in [3.8, 4) is 5.69 Å². The Labute approximate surface area is 105 Å². The molecule has 92 valence electrons. The van der Waals surface area contributed by atoms with Crippen LogP contribution in [0.15, 0.2) is 42.6 Å². The van der Waals surface area contributed by atoms with E-state index in [1.807, 2.05) is 6.07 Å². The largest absolute Gasteiger partial charge is 0.465 e. The van der Waals surface area contributed by atoms with Gasteiger partial charge in [0.25, 0.3) is 0 Å². The van der Waals surface area contributed by atoms with Gasteiger partial charge in [0, 0.05) is 13.1 Å². The Bertz CT molecular complexity index is 599. The highest BCUT2D eigenvalue weighted by atomic mass is 16.5. The number of ketones is 1. The Kier molecular flexibility index (Phi) is 3.28. The summed E-state index contributed by atoms with van der Waals surface area (Å²) in [4.78, 5) is 23.2. The van der Waals surface area contributed by atoms with Crippen molar-refractivity contribution in [2.45, 2.75) is 6.92 Å². The van der Waals surface area contributed by atoms with E-state index in [2.05, 4.69) is 0 Å². The van der Waals surface area contributed by atoms with Crippen molar-refractivity contribution in [2.24, 2.45) is 0 Å². The second kappa shape index (κ2) is 4.87. The van der Waals surface area contributed by atoms with Crippen LogP contribution in [-0.4, -0.2) is 23.4 Å². The van der Waals surface area contributed by atoms with Gasteiger partial charge in [-0.25, -0.2) is 4.79 Å². The van der Waals surface area contributed by atoms with Gasteiger partial charge in [-0.1, -0.05) is 12.1 Å². The highest BCUT2D eigenvalue weighted by Crippen LogP contribution is 2.18. The molecule has 0 radical (unpaired) electrons. The molecule has 4 heteroatoms. The third-order valence-corrected chi connectivity index (χ3v) is 2.68. The molecule has 0 spiro atoms. The maximum absolute atomic E-state index is 11.7. The van der Waals surface area contributed by atoms with Crippen molar-refractivity contribution in [1.29, 1.82) is 0 Å². The number of Topliss-reactive ketones (excluding diaryl/α,β-unsaturated/α-hetero) is 1. The average molecular weight is 243 g/mol. The molecule has 0 saturated carbocycles. The number of hydrogen-bond donors (Lipinski definition) is 0. The topological polar surface area (TPSA) is 48.3 Å². The Morgan fingerprint density at radius 1 is 1.11 bits per heavy atom. The molecule has 1 aromatic carbocycles. The molecule has 0 aliphatic heterocycles. The lowest BCUT2D eigenvalue weighted by atomic mass is 10.1. The molecule has 0 bridgehead atoms. The summed E-state index contributed by atoms with van der Waals surface area (Å²) in [5.41, 5.74) is 1.60. The van der Waals surface area contributed by atoms with E-state index in [9.17, 15) is 9.59 Å². The summed E-state index contributed by atoms with van der Waals surface area (Å²) < 4.78 is 6.43. The lowest BCUT2D eigenvalue weighted by Crippen LogP contribution is -2.10. The number of carbonyl (C=O) groups excluding carboxylic acids is 2. The minimum Gasteiger partial charge on any atom is -0.465 e. The minimum atomic E-state index is -0.422. The summed E-state index contributed by atoms with van der Waals surface area (Å²) in [6, 6.07) is 10.5. The second-order valence-corrected chi connectivity index (χ2v) is 3.83. The van der Waals surface area contributed by atoms with Crippen molar-refractivity contribution in [3.63, 3.8) is 0 Å². The third kappa shape index (κ3) is 2.05. The van der Waals surface area contributed by atoms with Gasteiger partial charge in [-0.2, -0.15) is 0 Å². The molecule has 2 rings (SSSR count). The molecule has 18 heavy (non-hydrogen) atoms. The van der Waals surface area contributed by atoms with Crippen molar-refractivity contribution < 1.29 is 14.3 Å². The first kappa shape index (κ1) is 12.1. The van der Waals surface area contributed by atoms with E-state index in [1.54, 1.807) is 41.1 Å². The predicted molar refractivity (Wildman–Crippen MR) is 67.1 cm³/mol. The van der Waals surface area contributed by atoms with Crippen LogP contribution in [0.4, 0.5) is 0 Å². The lowest BCUT2D eigenvalue weighted by Gasteiger charge is -2.11. The predicted octanol–water partition coefficient (Wildman–Crippen LogP) is 2.47. The highest BCUT2D eigenvalue weighted by molar-refractivity contribution is 5.96. The number of carbonyl (C=O) groups is 2. The second-order valence-electron chi connectivity index (χ2n) is 3.83. The molecule has 0 aliphatic rings. The number of rotatable bonds is 3. The first-order valence-electron chi connectivity index (χ1n) is 5.51. The molecule has 1 heterocycles. The number of ether oxygens (including phenoxy) is 1. The molecular formula is C14H13NO3. The van der Waals surface area contributed by atoms with E-state index < -0.39 is 5.97 Å². The van der Waals surface area contributed by atoms with Crippen molar-refractivity contribution >= 4 is 11.8 Å². The molecular weight excluding hydrogens is 230 g/mol. The van der Waals surface area contributed by atoms with Gasteiger partial charge in [0.15, 0.2) is 5.78 Å². The highest BCUT2D eigenvalue weighted by Gasteiger charge is 2.15. The van der Waals surface area contributed by atoms with Crippen LogP contribution in [0.3, 0.4) is 0 Å². The number of methoxy groups -OCH3 is 1. The fourth-order valence-corrected chi connectivity index (χ4v) is 1.84. The van der Waals surface area contributed by atoms with E-state index in [1.165, 1.54) is 14.0 Å². The Balaban J connectivity index is 2.60. The summed E-state index contributed by atoms with van der Waals surface area (Å²) in [5, 5.41) is 0. The number of esters is 1. The van der Waals surface area contributed by atoms with Gasteiger partial charge in [0.05, 0.1) is 24.1 Å². The number of nitrogens with zero attached hydrogens (tertiary/aromatic N) is 1. The molecule has 2 aromatic rings. The Hall–Kier alpha value is -2.36. The number of para-hydroxylation sites is 1. The van der Waals surface area contributed by atoms with Gasteiger partial charge in [-0.3, -0.25) is 4.79 Å². The molecule has 4 nitrogen and oxygen atoms in total. The van der Waals surface area contributed by atoms with Crippen LogP contribution < -0.4 is 0 Å². The third-order valence-electron chi connectivity index (χ3n) is 2.68. The van der Waals surface area contributed by atoms with Crippen LogP contribution in [-0.2, 0) is 4.74 Å². The van der Waals surface area contributed by atoms with E-state index in [0.29, 0.717) is 16.9 Å². The zero-order valence-electron chi connectivity index (χ0n) is 10.2. The van der Waals surface area contributed by atoms with Crippen LogP contribution in [0.1, 0.15) is 27.8 Å². The van der Waals surface area contributed by atoms with Crippen LogP contribution in [0.5, 0.6) is 0 Å². The normalized spacial score (nSPS) is 10.1. The molecule has 0 saturated heterocycles. The monoisotopic (exact) mass is 243 g/mol. The fraction of sp³-hybridized carbons (Fsp3) is 0.143. The average Bonchev–Trinajstić information content (AvgIpc) is 2.87. The van der Waals surface area contributed by atoms with Crippen molar-refractivity contribution in [3.05, 3.63) is 53.9 Å². The van der Waals surface area contributed by atoms with Gasteiger partial charge in [0.1, 0.15) is 0 Å². The van der Waals surface area contributed by atoms with Crippen molar-refractivity contribution in [2.75, 3.05) is 7.11 Å². The number of aromatic nitrogens is 1. The fourth-order valence-electron chi connectivity index (χ4n) is 1.84. The molecule has 0 aliphatic carbocycles. The van der Waals surface area contributed by atoms with Crippen LogP contribution in [0, 0.1) is 0 Å². The van der Waals surface area contributed by atoms with Gasteiger partial charge < -0.3 is 9.30 Å². The summed E-state index contributed by atoms with van der Waals surface area (Å²) in [7, 11) is 1.33. The van der Waals surface area contributed by atoms with Crippen LogP contribution >= 0.6 is 0 Å². The number of hydrogen-bond acceptors (Lipinski definition) is 3. The SMILES string of the molecule is COC(=O)c1ccccc1-n1cccc1C(C)=O. The molecule has 0 unspecified atom stereocenters. The summed E-state index contributed by atoms with van der Waals surface area (Å²) in [6.45, 7) is 1.49. The first-order chi connectivity index (χ1) is 8.65. The molecule has 0 amide bonds. The number of benzene rings is 1. The lowest BCUT2D eigenvalue weighted by molar-refractivity contribution is 0.0600. The van der Waals surface area contributed by atoms with Gasteiger partial charge in [-0.05, 0) is 24.3 Å². The van der Waals surface area contributed by atoms with Gasteiger partial charge >= 0.3 is 5.97 Å². The summed E-state index contributed by atoms with van der Waals surface area (Å²) >= 11 is 0. The Morgan fingerprint density at radius 3 is 2.50 bits per heavy atom. The van der Waals surface area contributed by atoms with E-state index >= 15 is 0 Å². The molecule has 0 fully saturated rings. The standard InChI is InChI=1S/C14H13NO3/c1-10(16)12-8-5-9-15(12)13-7-4-3-6-11(13)14(17)18-2/h3-9H,1-2H3. The summed E-state index contributed by atoms with van der Waals surface area (Å²) in [5.74, 6) is -0.478. The van der Waals surface area contributed by atoms with Crippen LogP contribution in [0.2, 0.25) is 0 Å². The maximum Gasteiger partial charge on any atom is 0.339 e. The zero-order chi connectivity index (χ0) is 13.1. The quantitative estimate of drug-likeness (QED) is 0.614. The van der Waals surface area contributed by atoms with E-state index in [4.69, 9.17) is 4.74 Å². The van der Waals surface area contributed by atoms with Crippen LogP contribution in [0.25, 0.3) is 5.69 Å². The first-order valence-corrected chi connectivity index (χ1v) is 5.51.